The van der Waals surface area contributed by atoms with Crippen molar-refractivity contribution in [2.24, 2.45) is 5.41 Å². The van der Waals surface area contributed by atoms with Gasteiger partial charge in [-0.3, -0.25) is 0 Å². The molecule has 1 unspecified atom stereocenters. The molecule has 0 aliphatic heterocycles. The summed E-state index contributed by atoms with van der Waals surface area (Å²) in [5.41, 5.74) is -0.0259. The number of hydrogen-bond acceptors (Lipinski definition) is 1. The average molecular weight is 155 g/mol. The Labute approximate surface area is 70.2 Å². The second-order valence-electron chi connectivity index (χ2n) is 3.79. The van der Waals surface area contributed by atoms with Gasteiger partial charge in [0.25, 0.3) is 0 Å². The molecule has 0 saturated heterocycles. The lowest BCUT2D eigenvalue weighted by molar-refractivity contribution is -0.118. The van der Waals surface area contributed by atoms with Crippen molar-refractivity contribution < 1.29 is 4.79 Å². The van der Waals surface area contributed by atoms with E-state index in [4.69, 9.17) is 0 Å². The first-order valence-corrected chi connectivity index (χ1v) is 4.33. The number of carbonyl (C=O) groups excluding carboxylic acids is 1. The van der Waals surface area contributed by atoms with Crippen LogP contribution in [0.15, 0.2) is 0 Å². The topological polar surface area (TPSA) is 17.1 Å². The highest BCUT2D eigenvalue weighted by Gasteiger charge is 2.18. The fraction of sp³-hybridized carbons (Fsp3) is 0.800. The summed E-state index contributed by atoms with van der Waals surface area (Å²) in [4.78, 5) is 10.8. The average Bonchev–Trinajstić information content (AvgIpc) is 1.81. The highest BCUT2D eigenvalue weighted by molar-refractivity contribution is 5.76. The molecule has 0 spiro atoms. The molecule has 0 aromatic heterocycles. The SMILES string of the molecule is [CH2]C(C)(CCCC)CC(C)=O. The fourth-order valence-corrected chi connectivity index (χ4v) is 1.29. The van der Waals surface area contributed by atoms with Crippen LogP contribution in [0.2, 0.25) is 0 Å². The maximum absolute atomic E-state index is 10.8. The summed E-state index contributed by atoms with van der Waals surface area (Å²) in [5, 5.41) is 0. The van der Waals surface area contributed by atoms with Gasteiger partial charge in [0.15, 0.2) is 0 Å². The van der Waals surface area contributed by atoms with Crippen molar-refractivity contribution in [1.82, 2.24) is 0 Å². The zero-order valence-electron chi connectivity index (χ0n) is 7.94. The first-order chi connectivity index (χ1) is 4.98. The van der Waals surface area contributed by atoms with E-state index in [1.165, 1.54) is 12.8 Å². The van der Waals surface area contributed by atoms with E-state index in [1.807, 2.05) is 0 Å². The lowest BCUT2D eigenvalue weighted by Gasteiger charge is -2.22. The van der Waals surface area contributed by atoms with Gasteiger partial charge in [-0.2, -0.15) is 0 Å². The maximum atomic E-state index is 10.8. The van der Waals surface area contributed by atoms with Crippen LogP contribution in [0.3, 0.4) is 0 Å². The molecule has 0 N–H and O–H groups in total. The summed E-state index contributed by atoms with van der Waals surface area (Å²) in [6.07, 6.45) is 4.03. The van der Waals surface area contributed by atoms with E-state index < -0.39 is 0 Å². The Bertz CT molecular complexity index is 125. The summed E-state index contributed by atoms with van der Waals surface area (Å²) < 4.78 is 0. The zero-order chi connectivity index (χ0) is 8.91. The van der Waals surface area contributed by atoms with Gasteiger partial charge in [-0.1, -0.05) is 26.7 Å². The van der Waals surface area contributed by atoms with Gasteiger partial charge in [0.1, 0.15) is 5.78 Å². The molecule has 1 heteroatoms. The van der Waals surface area contributed by atoms with Gasteiger partial charge in [-0.25, -0.2) is 0 Å². The number of rotatable bonds is 5. The number of unbranched alkanes of at least 4 members (excludes halogenated alkanes) is 1. The first-order valence-electron chi connectivity index (χ1n) is 4.33. The molecule has 0 amide bonds. The molecular weight excluding hydrogens is 136 g/mol. The third kappa shape index (κ3) is 6.08. The Hall–Kier alpha value is -0.330. The van der Waals surface area contributed by atoms with Crippen molar-refractivity contribution >= 4 is 5.78 Å². The van der Waals surface area contributed by atoms with Crippen LogP contribution in [0.5, 0.6) is 0 Å². The molecule has 1 atom stereocenters. The molecule has 0 saturated carbocycles. The van der Waals surface area contributed by atoms with Gasteiger partial charge >= 0.3 is 0 Å². The van der Waals surface area contributed by atoms with Crippen molar-refractivity contribution in [3.05, 3.63) is 6.92 Å². The van der Waals surface area contributed by atoms with Crippen LogP contribution in [0.1, 0.15) is 46.5 Å². The van der Waals surface area contributed by atoms with E-state index in [1.54, 1.807) is 6.92 Å². The normalized spacial score (nSPS) is 11.6. The quantitative estimate of drug-likeness (QED) is 0.596. The van der Waals surface area contributed by atoms with Crippen LogP contribution in [0.4, 0.5) is 0 Å². The monoisotopic (exact) mass is 155 g/mol. The molecule has 0 aromatic rings. The summed E-state index contributed by atoms with van der Waals surface area (Å²) in [6, 6.07) is 0. The second-order valence-corrected chi connectivity index (χ2v) is 3.79. The van der Waals surface area contributed by atoms with Gasteiger partial charge in [-0.15, -0.1) is 0 Å². The predicted octanol–water partition coefficient (Wildman–Crippen LogP) is 3.00. The van der Waals surface area contributed by atoms with Crippen molar-refractivity contribution in [1.29, 1.82) is 0 Å². The first kappa shape index (κ1) is 10.7. The molecular formula is C10H19O. The van der Waals surface area contributed by atoms with Crippen LogP contribution < -0.4 is 0 Å². The standard InChI is InChI=1S/C10H19O/c1-5-6-7-10(3,4)8-9(2)11/h3,5-8H2,1-2,4H3. The highest BCUT2D eigenvalue weighted by atomic mass is 16.1. The third-order valence-electron chi connectivity index (χ3n) is 1.81. The van der Waals surface area contributed by atoms with Crippen LogP contribution in [0, 0.1) is 12.3 Å². The molecule has 65 valence electrons. The molecule has 0 aliphatic carbocycles. The summed E-state index contributed by atoms with van der Waals surface area (Å²) in [6.45, 7) is 9.88. The maximum Gasteiger partial charge on any atom is 0.130 e. The third-order valence-corrected chi connectivity index (χ3v) is 1.81. The molecule has 0 heterocycles. The van der Waals surface area contributed by atoms with E-state index in [0.717, 1.165) is 6.42 Å². The molecule has 1 nitrogen and oxygen atoms in total. The van der Waals surface area contributed by atoms with E-state index in [0.29, 0.717) is 6.42 Å². The largest absolute Gasteiger partial charge is 0.300 e. The number of ketones is 1. The molecule has 0 rings (SSSR count). The predicted molar refractivity (Wildman–Crippen MR) is 48.3 cm³/mol. The van der Waals surface area contributed by atoms with Crippen LogP contribution in [0.25, 0.3) is 0 Å². The van der Waals surface area contributed by atoms with Gasteiger partial charge in [0, 0.05) is 6.42 Å². The van der Waals surface area contributed by atoms with Crippen molar-refractivity contribution in [2.75, 3.05) is 0 Å². The fourth-order valence-electron chi connectivity index (χ4n) is 1.29. The molecule has 0 aromatic carbocycles. The minimum Gasteiger partial charge on any atom is -0.300 e. The minimum atomic E-state index is -0.0259. The molecule has 0 aliphatic rings. The number of hydrogen-bond donors (Lipinski definition) is 0. The van der Waals surface area contributed by atoms with Gasteiger partial charge in [0.2, 0.25) is 0 Å². The summed E-state index contributed by atoms with van der Waals surface area (Å²) in [7, 11) is 0. The molecule has 11 heavy (non-hydrogen) atoms. The van der Waals surface area contributed by atoms with Gasteiger partial charge in [0.05, 0.1) is 0 Å². The molecule has 1 radical (unpaired) electrons. The Balaban J connectivity index is 3.70. The smallest absolute Gasteiger partial charge is 0.130 e. The lowest BCUT2D eigenvalue weighted by Crippen LogP contribution is -2.15. The van der Waals surface area contributed by atoms with E-state index in [2.05, 4.69) is 20.8 Å². The van der Waals surface area contributed by atoms with E-state index in [-0.39, 0.29) is 11.2 Å². The summed E-state index contributed by atoms with van der Waals surface area (Å²) >= 11 is 0. The van der Waals surface area contributed by atoms with Crippen molar-refractivity contribution in [3.63, 3.8) is 0 Å². The van der Waals surface area contributed by atoms with Crippen LogP contribution in [-0.2, 0) is 4.79 Å². The Kier molecular flexibility index (Phi) is 4.39. The number of Topliss-reactive ketones (excluding diaryl/α,β-unsaturated/α-hetero) is 1. The van der Waals surface area contributed by atoms with E-state index in [9.17, 15) is 4.79 Å². The Morgan fingerprint density at radius 1 is 1.55 bits per heavy atom. The number of carbonyl (C=O) groups is 1. The van der Waals surface area contributed by atoms with Crippen molar-refractivity contribution in [2.45, 2.75) is 46.5 Å². The Morgan fingerprint density at radius 3 is 2.45 bits per heavy atom. The van der Waals surface area contributed by atoms with Gasteiger partial charge in [-0.05, 0) is 25.7 Å². The van der Waals surface area contributed by atoms with Crippen LogP contribution in [-0.4, -0.2) is 5.78 Å². The second kappa shape index (κ2) is 4.53. The van der Waals surface area contributed by atoms with E-state index >= 15 is 0 Å². The summed E-state index contributed by atoms with van der Waals surface area (Å²) in [5.74, 6) is 0.249. The van der Waals surface area contributed by atoms with Gasteiger partial charge < -0.3 is 4.79 Å². The lowest BCUT2D eigenvalue weighted by atomic mass is 9.83. The molecule has 0 fully saturated rings. The van der Waals surface area contributed by atoms with Crippen LogP contribution >= 0.6 is 0 Å². The molecule has 0 bridgehead atoms. The zero-order valence-corrected chi connectivity index (χ0v) is 7.94. The van der Waals surface area contributed by atoms with Crippen molar-refractivity contribution in [3.8, 4) is 0 Å². The highest BCUT2D eigenvalue weighted by Crippen LogP contribution is 2.26. The Morgan fingerprint density at radius 2 is 2.09 bits per heavy atom. The minimum absolute atomic E-state index is 0.0259.